The SMILES string of the molecule is Cc1cc(C)c(-c2ccc(=O)n(Cc3ccccc3C)n2)cc1C. The minimum Gasteiger partial charge on any atom is -0.268 e. The Balaban J connectivity index is 2.06. The third-order valence-corrected chi connectivity index (χ3v) is 4.56. The highest BCUT2D eigenvalue weighted by Crippen LogP contribution is 2.24. The van der Waals surface area contributed by atoms with Crippen LogP contribution in [0.4, 0.5) is 0 Å². The molecule has 0 saturated carbocycles. The summed E-state index contributed by atoms with van der Waals surface area (Å²) in [6.45, 7) is 8.83. The van der Waals surface area contributed by atoms with Crippen molar-refractivity contribution < 1.29 is 0 Å². The van der Waals surface area contributed by atoms with Crippen molar-refractivity contribution in [2.75, 3.05) is 0 Å². The molecule has 0 N–H and O–H groups in total. The van der Waals surface area contributed by atoms with Crippen LogP contribution in [0.15, 0.2) is 53.3 Å². The molecule has 0 bridgehead atoms. The van der Waals surface area contributed by atoms with Crippen LogP contribution in [0.25, 0.3) is 11.3 Å². The van der Waals surface area contributed by atoms with Gasteiger partial charge in [0.05, 0.1) is 12.2 Å². The van der Waals surface area contributed by atoms with E-state index >= 15 is 0 Å². The van der Waals surface area contributed by atoms with Gasteiger partial charge in [-0.1, -0.05) is 30.3 Å². The summed E-state index contributed by atoms with van der Waals surface area (Å²) in [6.07, 6.45) is 0. The number of benzene rings is 2. The van der Waals surface area contributed by atoms with Gasteiger partial charge < -0.3 is 0 Å². The topological polar surface area (TPSA) is 34.9 Å². The van der Waals surface area contributed by atoms with Crippen LogP contribution in [0, 0.1) is 27.7 Å². The third-order valence-electron chi connectivity index (χ3n) is 4.56. The molecular formula is C21H22N2O. The van der Waals surface area contributed by atoms with Gasteiger partial charge in [-0.3, -0.25) is 4.79 Å². The quantitative estimate of drug-likeness (QED) is 0.725. The molecule has 3 rings (SSSR count). The van der Waals surface area contributed by atoms with E-state index in [1.54, 1.807) is 10.7 Å². The van der Waals surface area contributed by atoms with Gasteiger partial charge in [0.2, 0.25) is 0 Å². The summed E-state index contributed by atoms with van der Waals surface area (Å²) in [5.41, 5.74) is 7.79. The molecule has 0 aliphatic carbocycles. The van der Waals surface area contributed by atoms with E-state index in [0.29, 0.717) is 6.54 Å². The van der Waals surface area contributed by atoms with Crippen molar-refractivity contribution >= 4 is 0 Å². The highest BCUT2D eigenvalue weighted by atomic mass is 16.1. The Morgan fingerprint density at radius 2 is 1.54 bits per heavy atom. The number of aryl methyl sites for hydroxylation is 4. The van der Waals surface area contributed by atoms with Crippen LogP contribution in [0.1, 0.15) is 27.8 Å². The molecule has 0 saturated heterocycles. The highest BCUT2D eigenvalue weighted by molar-refractivity contribution is 5.64. The van der Waals surface area contributed by atoms with Gasteiger partial charge >= 0.3 is 0 Å². The predicted octanol–water partition coefficient (Wildman–Crippen LogP) is 4.19. The minimum absolute atomic E-state index is 0.0801. The second-order valence-electron chi connectivity index (χ2n) is 6.39. The molecule has 1 heterocycles. The second-order valence-corrected chi connectivity index (χ2v) is 6.39. The van der Waals surface area contributed by atoms with E-state index in [-0.39, 0.29) is 5.56 Å². The summed E-state index contributed by atoms with van der Waals surface area (Å²) >= 11 is 0. The van der Waals surface area contributed by atoms with Crippen LogP contribution in [-0.2, 0) is 6.54 Å². The molecule has 0 unspecified atom stereocenters. The molecule has 0 atom stereocenters. The lowest BCUT2D eigenvalue weighted by Crippen LogP contribution is -2.23. The van der Waals surface area contributed by atoms with Crippen molar-refractivity contribution in [3.05, 3.63) is 86.7 Å². The zero-order valence-corrected chi connectivity index (χ0v) is 14.6. The summed E-state index contributed by atoms with van der Waals surface area (Å²) in [5.74, 6) is 0. The van der Waals surface area contributed by atoms with Gasteiger partial charge in [0, 0.05) is 11.6 Å². The summed E-state index contributed by atoms with van der Waals surface area (Å²) < 4.78 is 1.55. The summed E-state index contributed by atoms with van der Waals surface area (Å²) in [6, 6.07) is 15.8. The molecule has 0 radical (unpaired) electrons. The molecule has 122 valence electrons. The molecule has 0 fully saturated rings. The maximum atomic E-state index is 12.2. The van der Waals surface area contributed by atoms with Gasteiger partial charge in [0.1, 0.15) is 0 Å². The van der Waals surface area contributed by atoms with Gasteiger partial charge in [-0.2, -0.15) is 5.10 Å². The molecule has 3 heteroatoms. The van der Waals surface area contributed by atoms with E-state index in [9.17, 15) is 4.79 Å². The van der Waals surface area contributed by atoms with E-state index in [1.165, 1.54) is 22.3 Å². The number of hydrogen-bond acceptors (Lipinski definition) is 2. The molecule has 1 aromatic heterocycles. The molecule has 2 aromatic carbocycles. The normalized spacial score (nSPS) is 10.8. The molecule has 24 heavy (non-hydrogen) atoms. The highest BCUT2D eigenvalue weighted by Gasteiger charge is 2.09. The lowest BCUT2D eigenvalue weighted by molar-refractivity contribution is 0.640. The first-order valence-electron chi connectivity index (χ1n) is 8.16. The van der Waals surface area contributed by atoms with Crippen LogP contribution < -0.4 is 5.56 Å². The number of aromatic nitrogens is 2. The van der Waals surface area contributed by atoms with E-state index in [4.69, 9.17) is 0 Å². The van der Waals surface area contributed by atoms with Crippen molar-refractivity contribution in [2.45, 2.75) is 34.2 Å². The fourth-order valence-electron chi connectivity index (χ4n) is 2.89. The largest absolute Gasteiger partial charge is 0.268 e. The number of nitrogens with zero attached hydrogens (tertiary/aromatic N) is 2. The zero-order valence-electron chi connectivity index (χ0n) is 14.6. The second kappa shape index (κ2) is 6.44. The maximum Gasteiger partial charge on any atom is 0.267 e. The standard InChI is InChI=1S/C21H22N2O/c1-14-7-5-6-8-18(14)13-23-21(24)10-9-20(22-23)19-12-16(3)15(2)11-17(19)4/h5-12H,13H2,1-4H3. The summed E-state index contributed by atoms with van der Waals surface area (Å²) in [7, 11) is 0. The van der Waals surface area contributed by atoms with Gasteiger partial charge in [-0.05, 0) is 67.6 Å². The Kier molecular flexibility index (Phi) is 4.34. The fourth-order valence-corrected chi connectivity index (χ4v) is 2.89. The fraction of sp³-hybridized carbons (Fsp3) is 0.238. The first-order chi connectivity index (χ1) is 11.5. The van der Waals surface area contributed by atoms with Crippen molar-refractivity contribution in [3.8, 4) is 11.3 Å². The predicted molar refractivity (Wildman–Crippen MR) is 98.4 cm³/mol. The molecule has 0 aliphatic heterocycles. The first kappa shape index (κ1) is 16.2. The van der Waals surface area contributed by atoms with Crippen molar-refractivity contribution in [2.24, 2.45) is 0 Å². The molecule has 3 aromatic rings. The van der Waals surface area contributed by atoms with Crippen LogP contribution in [0.3, 0.4) is 0 Å². The zero-order chi connectivity index (χ0) is 17.3. The monoisotopic (exact) mass is 318 g/mol. The molecule has 0 amide bonds. The Morgan fingerprint density at radius 1 is 0.833 bits per heavy atom. The van der Waals surface area contributed by atoms with Crippen LogP contribution in [0.5, 0.6) is 0 Å². The van der Waals surface area contributed by atoms with E-state index < -0.39 is 0 Å². The van der Waals surface area contributed by atoms with Gasteiger partial charge in [-0.15, -0.1) is 0 Å². The smallest absolute Gasteiger partial charge is 0.267 e. The van der Waals surface area contributed by atoms with Crippen molar-refractivity contribution in [1.29, 1.82) is 0 Å². The Morgan fingerprint density at radius 3 is 2.29 bits per heavy atom. The average molecular weight is 318 g/mol. The molecular weight excluding hydrogens is 296 g/mol. The van der Waals surface area contributed by atoms with E-state index in [0.717, 1.165) is 16.8 Å². The van der Waals surface area contributed by atoms with Crippen molar-refractivity contribution in [1.82, 2.24) is 9.78 Å². The lowest BCUT2D eigenvalue weighted by Gasteiger charge is -2.12. The van der Waals surface area contributed by atoms with Crippen LogP contribution in [0.2, 0.25) is 0 Å². The molecule has 3 nitrogen and oxygen atoms in total. The maximum absolute atomic E-state index is 12.2. The van der Waals surface area contributed by atoms with Crippen LogP contribution in [-0.4, -0.2) is 9.78 Å². The summed E-state index contributed by atoms with van der Waals surface area (Å²) in [4.78, 5) is 12.2. The molecule has 0 spiro atoms. The van der Waals surface area contributed by atoms with E-state index in [2.05, 4.69) is 51.0 Å². The van der Waals surface area contributed by atoms with Crippen molar-refractivity contribution in [3.63, 3.8) is 0 Å². The average Bonchev–Trinajstić information content (AvgIpc) is 2.55. The first-order valence-corrected chi connectivity index (χ1v) is 8.16. The number of hydrogen-bond donors (Lipinski definition) is 0. The van der Waals surface area contributed by atoms with Crippen LogP contribution >= 0.6 is 0 Å². The third kappa shape index (κ3) is 3.16. The molecule has 0 aliphatic rings. The van der Waals surface area contributed by atoms with E-state index in [1.807, 2.05) is 24.3 Å². The summed E-state index contributed by atoms with van der Waals surface area (Å²) in [5, 5.41) is 4.61. The minimum atomic E-state index is -0.0801. The van der Waals surface area contributed by atoms with Gasteiger partial charge in [-0.25, -0.2) is 4.68 Å². The lowest BCUT2D eigenvalue weighted by atomic mass is 9.99. The Labute approximate surface area is 142 Å². The number of rotatable bonds is 3. The van der Waals surface area contributed by atoms with Gasteiger partial charge in [0.25, 0.3) is 5.56 Å². The van der Waals surface area contributed by atoms with Gasteiger partial charge in [0.15, 0.2) is 0 Å². The Bertz CT molecular complexity index is 954. The Hall–Kier alpha value is -2.68.